The molecule has 2 N–H and O–H groups in total. The van der Waals surface area contributed by atoms with E-state index in [1.165, 1.54) is 0 Å². The second kappa shape index (κ2) is 8.99. The highest BCUT2D eigenvalue weighted by atomic mass is 16.5. The van der Waals surface area contributed by atoms with E-state index in [2.05, 4.69) is 13.5 Å². The number of aliphatic carboxylic acids is 1. The van der Waals surface area contributed by atoms with Crippen molar-refractivity contribution in [3.8, 4) is 0 Å². The van der Waals surface area contributed by atoms with Gasteiger partial charge in [0.1, 0.15) is 6.61 Å². The fourth-order valence-electron chi connectivity index (χ4n) is 5.70. The van der Waals surface area contributed by atoms with E-state index < -0.39 is 23.5 Å². The standard InChI is InChI=1S/C24H32O7/c1-15-4-7-18-23(2,17(15)6-5-16-11-13-30-22(16)29)12-10-19(25)24(18,3)14-31-21(28)9-8-20(26)27/h5-6,11,17-19,25H,1,4,7-10,12-14H2,2-3H3,(H,26,27). The number of allylic oxidation sites excluding steroid dienone is 2. The lowest BCUT2D eigenvalue weighted by Crippen LogP contribution is -2.57. The highest BCUT2D eigenvalue weighted by Crippen LogP contribution is 2.61. The lowest BCUT2D eigenvalue weighted by molar-refractivity contribution is -0.172. The molecule has 1 aliphatic heterocycles. The molecule has 5 unspecified atom stereocenters. The first-order valence-corrected chi connectivity index (χ1v) is 10.9. The minimum atomic E-state index is -1.05. The highest BCUT2D eigenvalue weighted by molar-refractivity contribution is 5.93. The van der Waals surface area contributed by atoms with E-state index in [9.17, 15) is 19.5 Å². The fraction of sp³-hybridized carbons (Fsp3) is 0.625. The average molecular weight is 433 g/mol. The summed E-state index contributed by atoms with van der Waals surface area (Å²) in [6.07, 6.45) is 7.49. The molecule has 0 saturated heterocycles. The van der Waals surface area contributed by atoms with Crippen LogP contribution < -0.4 is 0 Å². The van der Waals surface area contributed by atoms with Crippen LogP contribution in [-0.2, 0) is 23.9 Å². The first-order chi connectivity index (χ1) is 14.6. The number of esters is 2. The topological polar surface area (TPSA) is 110 Å². The molecule has 1 heterocycles. The van der Waals surface area contributed by atoms with E-state index in [4.69, 9.17) is 14.6 Å². The van der Waals surface area contributed by atoms with Gasteiger partial charge >= 0.3 is 17.9 Å². The van der Waals surface area contributed by atoms with E-state index in [-0.39, 0.29) is 42.7 Å². The second-order valence-corrected chi connectivity index (χ2v) is 9.46. The van der Waals surface area contributed by atoms with Gasteiger partial charge in [0.15, 0.2) is 0 Å². The molecule has 0 bridgehead atoms. The molecule has 2 aliphatic carbocycles. The van der Waals surface area contributed by atoms with Crippen LogP contribution in [0.15, 0.2) is 36.0 Å². The zero-order valence-corrected chi connectivity index (χ0v) is 18.3. The Morgan fingerprint density at radius 1 is 1.32 bits per heavy atom. The zero-order valence-electron chi connectivity index (χ0n) is 18.3. The summed E-state index contributed by atoms with van der Waals surface area (Å²) >= 11 is 0. The number of carbonyl (C=O) groups excluding carboxylic acids is 2. The number of carbonyl (C=O) groups is 3. The number of hydrogen-bond acceptors (Lipinski definition) is 6. The molecular formula is C24H32O7. The summed E-state index contributed by atoms with van der Waals surface area (Å²) in [5, 5.41) is 19.7. The van der Waals surface area contributed by atoms with Gasteiger partial charge in [-0.2, -0.15) is 0 Å². The van der Waals surface area contributed by atoms with Gasteiger partial charge in [0.05, 0.1) is 31.1 Å². The fourth-order valence-corrected chi connectivity index (χ4v) is 5.70. The molecule has 5 atom stereocenters. The van der Waals surface area contributed by atoms with Crippen molar-refractivity contribution in [1.29, 1.82) is 0 Å². The minimum absolute atomic E-state index is 0.0232. The van der Waals surface area contributed by atoms with Gasteiger partial charge in [0.2, 0.25) is 0 Å². The number of carboxylic acids is 1. The average Bonchev–Trinajstić information content (AvgIpc) is 3.12. The lowest BCUT2D eigenvalue weighted by Gasteiger charge is -2.59. The summed E-state index contributed by atoms with van der Waals surface area (Å²) in [7, 11) is 0. The minimum Gasteiger partial charge on any atom is -0.481 e. The SMILES string of the molecule is C=C1CCC2C(C)(COC(=O)CCC(=O)O)C(O)CCC2(C)C1C=CC1=CCOC1=O. The van der Waals surface area contributed by atoms with Crippen molar-refractivity contribution >= 4 is 17.9 Å². The van der Waals surface area contributed by atoms with Crippen LogP contribution in [0.5, 0.6) is 0 Å². The van der Waals surface area contributed by atoms with Crippen LogP contribution in [0.3, 0.4) is 0 Å². The van der Waals surface area contributed by atoms with E-state index in [0.717, 1.165) is 24.8 Å². The van der Waals surface area contributed by atoms with Gasteiger partial charge in [-0.15, -0.1) is 0 Å². The van der Waals surface area contributed by atoms with E-state index in [1.54, 1.807) is 6.08 Å². The summed E-state index contributed by atoms with van der Waals surface area (Å²) in [5.41, 5.74) is 0.782. The molecular weight excluding hydrogens is 400 g/mol. The summed E-state index contributed by atoms with van der Waals surface area (Å²) < 4.78 is 10.4. The third-order valence-corrected chi connectivity index (χ3v) is 7.52. The number of aliphatic hydroxyl groups excluding tert-OH is 1. The molecule has 7 heteroatoms. The Hall–Kier alpha value is -2.41. The Bertz CT molecular complexity index is 826. The normalized spacial score (nSPS) is 35.5. The molecule has 0 radical (unpaired) electrons. The molecule has 0 aromatic rings. The van der Waals surface area contributed by atoms with Gasteiger partial charge in [-0.3, -0.25) is 9.59 Å². The summed E-state index contributed by atoms with van der Waals surface area (Å²) in [6.45, 7) is 8.77. The van der Waals surface area contributed by atoms with Crippen LogP contribution in [-0.4, -0.2) is 47.4 Å². The Balaban J connectivity index is 1.80. The number of rotatable bonds is 7. The number of hydrogen-bond donors (Lipinski definition) is 2. The van der Waals surface area contributed by atoms with Gasteiger partial charge in [-0.1, -0.05) is 38.2 Å². The van der Waals surface area contributed by atoms with Crippen molar-refractivity contribution in [3.63, 3.8) is 0 Å². The predicted molar refractivity (Wildman–Crippen MR) is 113 cm³/mol. The molecule has 3 rings (SSSR count). The van der Waals surface area contributed by atoms with Crippen LogP contribution in [0, 0.1) is 22.7 Å². The molecule has 0 spiro atoms. The molecule has 31 heavy (non-hydrogen) atoms. The van der Waals surface area contributed by atoms with Crippen LogP contribution in [0.25, 0.3) is 0 Å². The van der Waals surface area contributed by atoms with Crippen LogP contribution in [0.2, 0.25) is 0 Å². The van der Waals surface area contributed by atoms with Crippen molar-refractivity contribution in [2.75, 3.05) is 13.2 Å². The van der Waals surface area contributed by atoms with Gasteiger partial charge in [-0.25, -0.2) is 4.79 Å². The first-order valence-electron chi connectivity index (χ1n) is 10.9. The van der Waals surface area contributed by atoms with Crippen molar-refractivity contribution in [1.82, 2.24) is 0 Å². The smallest absolute Gasteiger partial charge is 0.338 e. The maximum absolute atomic E-state index is 12.0. The number of aliphatic hydroxyl groups is 1. The quantitative estimate of drug-likeness (QED) is 0.470. The summed E-state index contributed by atoms with van der Waals surface area (Å²) in [4.78, 5) is 34.5. The Morgan fingerprint density at radius 3 is 2.71 bits per heavy atom. The molecule has 0 amide bonds. The van der Waals surface area contributed by atoms with E-state index in [1.807, 2.05) is 19.1 Å². The molecule has 0 aromatic heterocycles. The molecule has 2 fully saturated rings. The monoisotopic (exact) mass is 432 g/mol. The number of fused-ring (bicyclic) bond motifs is 1. The largest absolute Gasteiger partial charge is 0.481 e. The Labute approximate surface area is 182 Å². The van der Waals surface area contributed by atoms with Crippen LogP contribution >= 0.6 is 0 Å². The molecule has 170 valence electrons. The Morgan fingerprint density at radius 2 is 2.06 bits per heavy atom. The van der Waals surface area contributed by atoms with E-state index >= 15 is 0 Å². The maximum atomic E-state index is 12.0. The van der Waals surface area contributed by atoms with E-state index in [0.29, 0.717) is 18.6 Å². The predicted octanol–water partition coefficient (Wildman–Crippen LogP) is 3.18. The van der Waals surface area contributed by atoms with Crippen LogP contribution in [0.4, 0.5) is 0 Å². The number of cyclic esters (lactones) is 1. The molecule has 0 aromatic carbocycles. The van der Waals surface area contributed by atoms with Crippen molar-refractivity contribution < 1.29 is 34.1 Å². The Kier molecular flexibility index (Phi) is 6.74. The molecule has 2 saturated carbocycles. The zero-order chi connectivity index (χ0) is 22.8. The first kappa shape index (κ1) is 23.3. The van der Waals surface area contributed by atoms with Crippen LogP contribution in [0.1, 0.15) is 52.4 Å². The van der Waals surface area contributed by atoms with Crippen molar-refractivity contribution in [2.45, 2.75) is 58.5 Å². The summed E-state index contributed by atoms with van der Waals surface area (Å²) in [5.74, 6) is -1.84. The summed E-state index contributed by atoms with van der Waals surface area (Å²) in [6, 6.07) is 0. The third kappa shape index (κ3) is 4.61. The number of carboxylic acid groups (broad SMARTS) is 1. The van der Waals surface area contributed by atoms with Gasteiger partial charge in [-0.05, 0) is 43.1 Å². The van der Waals surface area contributed by atoms with Gasteiger partial charge < -0.3 is 19.7 Å². The van der Waals surface area contributed by atoms with Gasteiger partial charge in [0.25, 0.3) is 0 Å². The van der Waals surface area contributed by atoms with Crippen molar-refractivity contribution in [3.05, 3.63) is 36.0 Å². The molecule has 7 nitrogen and oxygen atoms in total. The van der Waals surface area contributed by atoms with Gasteiger partial charge in [0, 0.05) is 11.3 Å². The van der Waals surface area contributed by atoms with Crippen molar-refractivity contribution in [2.24, 2.45) is 22.7 Å². The maximum Gasteiger partial charge on any atom is 0.338 e. The highest BCUT2D eigenvalue weighted by Gasteiger charge is 2.57. The lowest BCUT2D eigenvalue weighted by atomic mass is 9.46. The second-order valence-electron chi connectivity index (χ2n) is 9.46. The number of ether oxygens (including phenoxy) is 2. The molecule has 3 aliphatic rings. The third-order valence-electron chi connectivity index (χ3n) is 7.52.